The molecule has 0 fully saturated rings. The van der Waals surface area contributed by atoms with Crippen LogP contribution in [-0.4, -0.2) is 28.7 Å². The van der Waals surface area contributed by atoms with Gasteiger partial charge in [0.25, 0.3) is 23.6 Å². The van der Waals surface area contributed by atoms with Crippen molar-refractivity contribution in [2.24, 2.45) is 0 Å². The van der Waals surface area contributed by atoms with Crippen LogP contribution in [0.2, 0.25) is 0 Å². The molecule has 0 spiro atoms. The van der Waals surface area contributed by atoms with E-state index in [1.54, 1.807) is 24.3 Å². The Balaban J connectivity index is 1.26. The quantitative estimate of drug-likeness (QED) is 0.181. The summed E-state index contributed by atoms with van der Waals surface area (Å²) >= 11 is 0. The molecular weight excluding hydrogens is 540 g/mol. The monoisotopic (exact) mass is 558 g/mol. The number of amides is 4. The molecule has 9 rings (SSSR count). The van der Waals surface area contributed by atoms with Gasteiger partial charge in [0.05, 0.1) is 11.4 Å². The fourth-order valence-corrected chi connectivity index (χ4v) is 6.86. The molecule has 2 heterocycles. The Bertz CT molecular complexity index is 2370. The van der Waals surface area contributed by atoms with Crippen LogP contribution in [0.1, 0.15) is 41.4 Å². The van der Waals surface area contributed by atoms with Crippen LogP contribution in [0.25, 0.3) is 43.1 Å². The number of hydrogen-bond donors (Lipinski definition) is 1. The fourth-order valence-electron chi connectivity index (χ4n) is 6.86. The zero-order valence-electron chi connectivity index (χ0n) is 22.3. The second-order valence-electron chi connectivity index (χ2n) is 10.9. The van der Waals surface area contributed by atoms with Crippen molar-refractivity contribution >= 4 is 78.1 Å². The Kier molecular flexibility index (Phi) is 4.40. The van der Waals surface area contributed by atoms with Crippen molar-refractivity contribution in [1.82, 2.24) is 0 Å². The van der Waals surface area contributed by atoms with E-state index in [-0.39, 0.29) is 28.0 Å². The van der Waals surface area contributed by atoms with E-state index >= 15 is 0 Å². The lowest BCUT2D eigenvalue weighted by molar-refractivity contribution is 0.0873. The molecule has 1 N–H and O–H groups in total. The van der Waals surface area contributed by atoms with Crippen LogP contribution in [0, 0.1) is 0 Å². The smallest absolute Gasteiger partial charge is 0.266 e. The van der Waals surface area contributed by atoms with E-state index in [1.807, 2.05) is 48.5 Å². The standard InChI is InChI=1S/C36H18N2O5/c39-22-11-9-21(10-12-22)37-33(40)24-13-15-26-32-27(16-14-25(31(24)32)34(37)41)36(43)38(35(26)42)28-17-20-5-1-3-18-7-8-19-4-2-6-23(28)30(19)29(18)20/h1-17,39H. The first-order chi connectivity index (χ1) is 20.9. The SMILES string of the molecule is O=C1c2ccc3c4c(ccc(c24)C(=O)N1c1ccc(O)cc1)C(=O)N(c1cc2cccc4ccc5cccc1c5c42)C3=O. The third kappa shape index (κ3) is 2.92. The summed E-state index contributed by atoms with van der Waals surface area (Å²) in [6.45, 7) is 0. The number of phenols is 1. The highest BCUT2D eigenvalue weighted by molar-refractivity contribution is 6.43. The molecule has 2 aliphatic heterocycles. The van der Waals surface area contributed by atoms with Gasteiger partial charge in [-0.25, -0.2) is 9.80 Å². The summed E-state index contributed by atoms with van der Waals surface area (Å²) in [7, 11) is 0. The summed E-state index contributed by atoms with van der Waals surface area (Å²) in [6, 6.07) is 29.8. The average Bonchev–Trinajstić information content (AvgIpc) is 3.02. The molecule has 0 aromatic heterocycles. The number of anilines is 2. The van der Waals surface area contributed by atoms with Gasteiger partial charge in [-0.3, -0.25) is 19.2 Å². The molecular formula is C36H18N2O5. The van der Waals surface area contributed by atoms with E-state index < -0.39 is 23.6 Å². The molecule has 43 heavy (non-hydrogen) atoms. The Hall–Kier alpha value is -6.08. The highest BCUT2D eigenvalue weighted by Gasteiger charge is 2.41. The van der Waals surface area contributed by atoms with Gasteiger partial charge < -0.3 is 5.11 Å². The van der Waals surface area contributed by atoms with Crippen molar-refractivity contribution in [3.63, 3.8) is 0 Å². The Morgan fingerprint density at radius 3 is 1.51 bits per heavy atom. The average molecular weight is 559 g/mol. The molecule has 7 heteroatoms. The van der Waals surface area contributed by atoms with E-state index in [2.05, 4.69) is 6.07 Å². The molecule has 0 atom stereocenters. The minimum atomic E-state index is -0.569. The minimum absolute atomic E-state index is 0.00523. The van der Waals surface area contributed by atoms with Crippen LogP contribution in [0.5, 0.6) is 5.75 Å². The van der Waals surface area contributed by atoms with Crippen LogP contribution in [0.15, 0.2) is 103 Å². The normalized spacial score (nSPS) is 14.7. The lowest BCUT2D eigenvalue weighted by Gasteiger charge is -2.32. The zero-order valence-corrected chi connectivity index (χ0v) is 22.3. The van der Waals surface area contributed by atoms with Gasteiger partial charge in [-0.2, -0.15) is 0 Å². The predicted molar refractivity (Wildman–Crippen MR) is 164 cm³/mol. The summed E-state index contributed by atoms with van der Waals surface area (Å²) in [6.07, 6.45) is 0. The molecule has 7 aromatic carbocycles. The molecule has 0 saturated carbocycles. The molecule has 0 radical (unpaired) electrons. The number of rotatable bonds is 2. The van der Waals surface area contributed by atoms with E-state index in [9.17, 15) is 24.3 Å². The third-order valence-corrected chi connectivity index (χ3v) is 8.73. The van der Waals surface area contributed by atoms with Crippen molar-refractivity contribution in [1.29, 1.82) is 0 Å². The maximum Gasteiger partial charge on any atom is 0.266 e. The molecule has 4 amide bonds. The second-order valence-corrected chi connectivity index (χ2v) is 10.9. The molecule has 202 valence electrons. The number of hydrogen-bond acceptors (Lipinski definition) is 5. The van der Waals surface area contributed by atoms with Gasteiger partial charge in [0, 0.05) is 38.4 Å². The lowest BCUT2D eigenvalue weighted by atomic mass is 9.85. The fraction of sp³-hybridized carbons (Fsp3) is 0. The Morgan fingerprint density at radius 1 is 0.442 bits per heavy atom. The number of carbonyl (C=O) groups excluding carboxylic acids is 4. The summed E-state index contributed by atoms with van der Waals surface area (Å²) in [4.78, 5) is 58.1. The summed E-state index contributed by atoms with van der Waals surface area (Å²) in [5, 5.41) is 16.1. The first-order valence-corrected chi connectivity index (χ1v) is 13.8. The predicted octanol–water partition coefficient (Wildman–Crippen LogP) is 7.04. The maximum atomic E-state index is 14.3. The number of carbonyl (C=O) groups is 4. The maximum absolute atomic E-state index is 14.3. The molecule has 0 saturated heterocycles. The van der Waals surface area contributed by atoms with Crippen molar-refractivity contribution in [2.75, 3.05) is 9.80 Å². The van der Waals surface area contributed by atoms with Gasteiger partial charge in [0.1, 0.15) is 5.75 Å². The molecule has 7 aromatic rings. The van der Waals surface area contributed by atoms with Gasteiger partial charge in [-0.15, -0.1) is 0 Å². The molecule has 0 bridgehead atoms. The first kappa shape index (κ1) is 23.6. The number of benzene rings is 7. The van der Waals surface area contributed by atoms with Crippen LogP contribution in [-0.2, 0) is 0 Å². The van der Waals surface area contributed by atoms with Crippen LogP contribution in [0.3, 0.4) is 0 Å². The van der Waals surface area contributed by atoms with Crippen LogP contribution >= 0.6 is 0 Å². The topological polar surface area (TPSA) is 95.0 Å². The molecule has 0 unspecified atom stereocenters. The van der Waals surface area contributed by atoms with Gasteiger partial charge in [0.2, 0.25) is 0 Å². The molecule has 0 aliphatic carbocycles. The van der Waals surface area contributed by atoms with Crippen molar-refractivity contribution in [2.45, 2.75) is 0 Å². The van der Waals surface area contributed by atoms with Gasteiger partial charge in [0.15, 0.2) is 0 Å². The number of aromatic hydroxyl groups is 1. The first-order valence-electron chi connectivity index (χ1n) is 13.8. The highest BCUT2D eigenvalue weighted by Crippen LogP contribution is 2.44. The summed E-state index contributed by atoms with van der Waals surface area (Å²) in [5.41, 5.74) is 1.73. The van der Waals surface area contributed by atoms with Crippen molar-refractivity contribution in [3.8, 4) is 5.75 Å². The Labute approximate surface area is 243 Å². The van der Waals surface area contributed by atoms with E-state index in [0.29, 0.717) is 22.1 Å². The van der Waals surface area contributed by atoms with Gasteiger partial charge in [-0.1, -0.05) is 48.5 Å². The largest absolute Gasteiger partial charge is 0.508 e. The second kappa shape index (κ2) is 8.02. The van der Waals surface area contributed by atoms with Crippen LogP contribution in [0.4, 0.5) is 11.4 Å². The summed E-state index contributed by atoms with van der Waals surface area (Å²) < 4.78 is 0. The summed E-state index contributed by atoms with van der Waals surface area (Å²) in [5.74, 6) is -2.17. The molecule has 7 nitrogen and oxygen atoms in total. The minimum Gasteiger partial charge on any atom is -0.508 e. The van der Waals surface area contributed by atoms with Gasteiger partial charge in [-0.05, 0) is 81.5 Å². The van der Waals surface area contributed by atoms with Crippen LogP contribution < -0.4 is 9.80 Å². The number of phenolic OH excluding ortho intramolecular Hbond substituents is 1. The highest BCUT2D eigenvalue weighted by atomic mass is 16.3. The third-order valence-electron chi connectivity index (χ3n) is 8.73. The van der Waals surface area contributed by atoms with E-state index in [1.165, 1.54) is 29.2 Å². The van der Waals surface area contributed by atoms with Crippen molar-refractivity contribution < 1.29 is 24.3 Å². The zero-order chi connectivity index (χ0) is 29.1. The Morgan fingerprint density at radius 2 is 0.930 bits per heavy atom. The van der Waals surface area contributed by atoms with E-state index in [4.69, 9.17) is 0 Å². The number of nitrogens with zero attached hydrogens (tertiary/aromatic N) is 2. The number of imide groups is 2. The molecule has 2 aliphatic rings. The van der Waals surface area contributed by atoms with Gasteiger partial charge >= 0.3 is 0 Å². The lowest BCUT2D eigenvalue weighted by Crippen LogP contribution is -2.43. The van der Waals surface area contributed by atoms with Crippen molar-refractivity contribution in [3.05, 3.63) is 125 Å². The van der Waals surface area contributed by atoms with E-state index in [0.717, 1.165) is 37.2 Å².